The Hall–Kier alpha value is -1.31. The minimum atomic E-state index is 0.372. The van der Waals surface area contributed by atoms with Crippen LogP contribution in [0.2, 0.25) is 5.02 Å². The highest BCUT2D eigenvalue weighted by atomic mass is 35.5. The Labute approximate surface area is 119 Å². The van der Waals surface area contributed by atoms with Crippen molar-refractivity contribution in [3.8, 4) is 0 Å². The zero-order valence-corrected chi connectivity index (χ0v) is 11.8. The van der Waals surface area contributed by atoms with E-state index in [4.69, 9.17) is 11.6 Å². The Morgan fingerprint density at radius 3 is 2.79 bits per heavy atom. The summed E-state index contributed by atoms with van der Waals surface area (Å²) in [5.41, 5.74) is 4.30. The Balaban J connectivity index is 1.76. The maximum atomic E-state index is 6.08. The number of nitrogens with one attached hydrogen (secondary N) is 1. The first-order chi connectivity index (χ1) is 9.28. The molecule has 2 atom stereocenters. The maximum Gasteiger partial charge on any atom is 0.0409 e. The molecule has 3 rings (SSSR count). The summed E-state index contributed by atoms with van der Waals surface area (Å²) in [6.07, 6.45) is 2.34. The van der Waals surface area contributed by atoms with Gasteiger partial charge in [0.2, 0.25) is 0 Å². The molecule has 2 aromatic rings. The molecule has 98 valence electrons. The van der Waals surface area contributed by atoms with E-state index in [9.17, 15) is 0 Å². The smallest absolute Gasteiger partial charge is 0.0409 e. The predicted octanol–water partition coefficient (Wildman–Crippen LogP) is 4.33. The van der Waals surface area contributed by atoms with Gasteiger partial charge in [-0.1, -0.05) is 48.0 Å². The third kappa shape index (κ3) is 2.54. The lowest BCUT2D eigenvalue weighted by Crippen LogP contribution is -2.24. The van der Waals surface area contributed by atoms with Gasteiger partial charge in [-0.25, -0.2) is 0 Å². The van der Waals surface area contributed by atoms with Crippen LogP contribution in [0.4, 0.5) is 0 Å². The number of fused-ring (bicyclic) bond motifs is 1. The van der Waals surface area contributed by atoms with Crippen molar-refractivity contribution >= 4 is 11.6 Å². The van der Waals surface area contributed by atoms with Crippen LogP contribution in [0.15, 0.2) is 48.5 Å². The highest BCUT2D eigenvalue weighted by molar-refractivity contribution is 6.30. The van der Waals surface area contributed by atoms with Crippen LogP contribution in [-0.2, 0) is 6.42 Å². The molecular formula is C17H18ClN. The van der Waals surface area contributed by atoms with Crippen LogP contribution in [0.3, 0.4) is 0 Å². The van der Waals surface area contributed by atoms with Crippen molar-refractivity contribution < 1.29 is 0 Å². The zero-order chi connectivity index (χ0) is 13.2. The fourth-order valence-corrected chi connectivity index (χ4v) is 3.20. The van der Waals surface area contributed by atoms with E-state index in [1.807, 2.05) is 19.2 Å². The van der Waals surface area contributed by atoms with E-state index in [1.165, 1.54) is 23.1 Å². The van der Waals surface area contributed by atoms with E-state index in [2.05, 4.69) is 41.7 Å². The van der Waals surface area contributed by atoms with Crippen molar-refractivity contribution in [3.05, 3.63) is 70.2 Å². The van der Waals surface area contributed by atoms with Gasteiger partial charge in [-0.2, -0.15) is 0 Å². The van der Waals surface area contributed by atoms with Crippen LogP contribution in [0.5, 0.6) is 0 Å². The van der Waals surface area contributed by atoms with Gasteiger partial charge in [-0.05, 0) is 54.6 Å². The van der Waals surface area contributed by atoms with Gasteiger partial charge in [0, 0.05) is 11.1 Å². The molecule has 0 heterocycles. The second-order valence-corrected chi connectivity index (χ2v) is 5.67. The van der Waals surface area contributed by atoms with Gasteiger partial charge in [-0.15, -0.1) is 0 Å². The van der Waals surface area contributed by atoms with E-state index in [0.29, 0.717) is 12.0 Å². The standard InChI is InChI=1S/C17H18ClN/c1-19-17(13-6-4-7-15(18)10-13)11-14-9-12-5-2-3-8-16(12)14/h2-8,10,14,17,19H,9,11H2,1H3. The van der Waals surface area contributed by atoms with Crippen molar-refractivity contribution in [2.75, 3.05) is 7.05 Å². The lowest BCUT2D eigenvalue weighted by Gasteiger charge is -2.33. The fraction of sp³-hybridized carbons (Fsp3) is 0.294. The van der Waals surface area contributed by atoms with Crippen LogP contribution in [0.1, 0.15) is 35.1 Å². The average molecular weight is 272 g/mol. The molecule has 1 aliphatic rings. The predicted molar refractivity (Wildman–Crippen MR) is 80.8 cm³/mol. The van der Waals surface area contributed by atoms with E-state index in [-0.39, 0.29) is 0 Å². The van der Waals surface area contributed by atoms with E-state index in [0.717, 1.165) is 11.4 Å². The van der Waals surface area contributed by atoms with Gasteiger partial charge in [0.15, 0.2) is 0 Å². The molecule has 2 heteroatoms. The molecule has 2 aromatic carbocycles. The van der Waals surface area contributed by atoms with Crippen LogP contribution in [-0.4, -0.2) is 7.05 Å². The van der Waals surface area contributed by atoms with Gasteiger partial charge in [0.05, 0.1) is 0 Å². The van der Waals surface area contributed by atoms with Crippen molar-refractivity contribution in [2.45, 2.75) is 24.8 Å². The number of benzene rings is 2. The molecule has 0 fully saturated rings. The van der Waals surface area contributed by atoms with E-state index >= 15 is 0 Å². The zero-order valence-electron chi connectivity index (χ0n) is 11.1. The first-order valence-corrected chi connectivity index (χ1v) is 7.16. The fourth-order valence-electron chi connectivity index (χ4n) is 3.00. The second-order valence-electron chi connectivity index (χ2n) is 5.23. The molecule has 1 N–H and O–H groups in total. The molecule has 0 radical (unpaired) electrons. The number of hydrogen-bond acceptors (Lipinski definition) is 1. The summed E-state index contributed by atoms with van der Waals surface area (Å²) < 4.78 is 0. The van der Waals surface area contributed by atoms with Crippen molar-refractivity contribution in [3.63, 3.8) is 0 Å². The summed E-state index contributed by atoms with van der Waals surface area (Å²) in [5.74, 6) is 0.674. The van der Waals surface area contributed by atoms with Gasteiger partial charge >= 0.3 is 0 Å². The molecular weight excluding hydrogens is 254 g/mol. The third-order valence-electron chi connectivity index (χ3n) is 4.08. The summed E-state index contributed by atoms with van der Waals surface area (Å²) in [7, 11) is 2.02. The third-order valence-corrected chi connectivity index (χ3v) is 4.32. The SMILES string of the molecule is CNC(CC1Cc2ccccc21)c1cccc(Cl)c1. The van der Waals surface area contributed by atoms with Gasteiger partial charge in [0.1, 0.15) is 0 Å². The van der Waals surface area contributed by atoms with Crippen molar-refractivity contribution in [1.82, 2.24) is 5.32 Å². The molecule has 0 bridgehead atoms. The number of halogens is 1. The van der Waals surface area contributed by atoms with Crippen LogP contribution in [0.25, 0.3) is 0 Å². The van der Waals surface area contributed by atoms with Crippen LogP contribution in [0, 0.1) is 0 Å². The van der Waals surface area contributed by atoms with E-state index in [1.54, 1.807) is 0 Å². The largest absolute Gasteiger partial charge is 0.313 e. The summed E-state index contributed by atoms with van der Waals surface area (Å²) >= 11 is 6.08. The monoisotopic (exact) mass is 271 g/mol. The van der Waals surface area contributed by atoms with Crippen LogP contribution >= 0.6 is 11.6 Å². The lowest BCUT2D eigenvalue weighted by molar-refractivity contribution is 0.452. The van der Waals surface area contributed by atoms with Gasteiger partial charge < -0.3 is 5.32 Å². The lowest BCUT2D eigenvalue weighted by atomic mass is 9.74. The summed E-state index contributed by atoms with van der Waals surface area (Å²) in [6.45, 7) is 0. The summed E-state index contributed by atoms with van der Waals surface area (Å²) in [6, 6.07) is 17.3. The number of rotatable bonds is 4. The number of hydrogen-bond donors (Lipinski definition) is 1. The van der Waals surface area contributed by atoms with Crippen LogP contribution < -0.4 is 5.32 Å². The topological polar surface area (TPSA) is 12.0 Å². The maximum absolute atomic E-state index is 6.08. The molecule has 1 aliphatic carbocycles. The molecule has 2 unspecified atom stereocenters. The molecule has 0 aliphatic heterocycles. The Bertz CT molecular complexity index is 579. The van der Waals surface area contributed by atoms with Gasteiger partial charge in [-0.3, -0.25) is 0 Å². The molecule has 1 nitrogen and oxygen atoms in total. The van der Waals surface area contributed by atoms with E-state index < -0.39 is 0 Å². The van der Waals surface area contributed by atoms with Gasteiger partial charge in [0.25, 0.3) is 0 Å². The summed E-state index contributed by atoms with van der Waals surface area (Å²) in [5, 5.41) is 4.23. The first kappa shape index (κ1) is 12.7. The average Bonchev–Trinajstić information content (AvgIpc) is 2.40. The molecule has 0 aromatic heterocycles. The molecule has 0 amide bonds. The van der Waals surface area contributed by atoms with Crippen molar-refractivity contribution in [2.24, 2.45) is 0 Å². The quantitative estimate of drug-likeness (QED) is 0.873. The normalized spacial score (nSPS) is 18.5. The summed E-state index contributed by atoms with van der Waals surface area (Å²) in [4.78, 5) is 0. The molecule has 0 saturated carbocycles. The second kappa shape index (κ2) is 5.36. The Morgan fingerprint density at radius 1 is 1.21 bits per heavy atom. The highest BCUT2D eigenvalue weighted by Gasteiger charge is 2.28. The minimum Gasteiger partial charge on any atom is -0.313 e. The Morgan fingerprint density at radius 2 is 2.05 bits per heavy atom. The Kier molecular flexibility index (Phi) is 3.58. The molecule has 0 saturated heterocycles. The molecule has 19 heavy (non-hydrogen) atoms. The van der Waals surface area contributed by atoms with Crippen molar-refractivity contribution in [1.29, 1.82) is 0 Å². The molecule has 0 spiro atoms. The first-order valence-electron chi connectivity index (χ1n) is 6.78. The minimum absolute atomic E-state index is 0.372. The highest BCUT2D eigenvalue weighted by Crippen LogP contribution is 2.40.